The SMILES string of the molecule is CCC(C)C(NN)c1cccc(OC)c1F. The molecule has 1 rings (SSSR count). The standard InChI is InChI=1S/C12H19FN2O/c1-4-8(2)12(15-14)9-6-5-7-10(16-3)11(9)13/h5-8,12,15H,4,14H2,1-3H3. The number of hydrogen-bond acceptors (Lipinski definition) is 3. The van der Waals surface area contributed by atoms with Crippen LogP contribution in [0, 0.1) is 11.7 Å². The van der Waals surface area contributed by atoms with Crippen LogP contribution in [0.25, 0.3) is 0 Å². The second-order valence-corrected chi connectivity index (χ2v) is 3.89. The van der Waals surface area contributed by atoms with Crippen molar-refractivity contribution in [1.29, 1.82) is 0 Å². The van der Waals surface area contributed by atoms with Crippen molar-refractivity contribution in [2.75, 3.05) is 7.11 Å². The highest BCUT2D eigenvalue weighted by Crippen LogP contribution is 2.29. The first-order chi connectivity index (χ1) is 7.65. The Labute approximate surface area is 95.8 Å². The van der Waals surface area contributed by atoms with E-state index in [9.17, 15) is 4.39 Å². The highest BCUT2D eigenvalue weighted by Gasteiger charge is 2.21. The summed E-state index contributed by atoms with van der Waals surface area (Å²) >= 11 is 0. The lowest BCUT2D eigenvalue weighted by Gasteiger charge is -2.23. The zero-order valence-corrected chi connectivity index (χ0v) is 9.96. The van der Waals surface area contributed by atoms with E-state index >= 15 is 0 Å². The van der Waals surface area contributed by atoms with Gasteiger partial charge < -0.3 is 4.74 Å². The van der Waals surface area contributed by atoms with Crippen LogP contribution in [0.2, 0.25) is 0 Å². The molecule has 0 aliphatic carbocycles. The fourth-order valence-electron chi connectivity index (χ4n) is 1.72. The molecular weight excluding hydrogens is 207 g/mol. The maximum atomic E-state index is 14.0. The number of nitrogens with one attached hydrogen (secondary N) is 1. The molecule has 0 saturated heterocycles. The third kappa shape index (κ3) is 2.51. The normalized spacial score (nSPS) is 14.6. The molecule has 2 unspecified atom stereocenters. The summed E-state index contributed by atoms with van der Waals surface area (Å²) in [6.07, 6.45) is 0.922. The van der Waals surface area contributed by atoms with Crippen molar-refractivity contribution in [2.45, 2.75) is 26.3 Å². The van der Waals surface area contributed by atoms with Crippen LogP contribution < -0.4 is 16.0 Å². The Morgan fingerprint density at radius 3 is 2.69 bits per heavy atom. The van der Waals surface area contributed by atoms with Gasteiger partial charge in [0, 0.05) is 5.56 Å². The van der Waals surface area contributed by atoms with Crippen LogP contribution in [0.4, 0.5) is 4.39 Å². The molecule has 2 atom stereocenters. The molecule has 0 heterocycles. The minimum absolute atomic E-state index is 0.194. The molecular formula is C12H19FN2O. The average Bonchev–Trinajstić information content (AvgIpc) is 2.31. The van der Waals surface area contributed by atoms with Crippen LogP contribution in [0.15, 0.2) is 18.2 Å². The number of hydrazine groups is 1. The molecule has 1 aromatic carbocycles. The Kier molecular flexibility index (Phi) is 4.71. The Morgan fingerprint density at radius 1 is 1.50 bits per heavy atom. The van der Waals surface area contributed by atoms with Crippen LogP contribution in [-0.4, -0.2) is 7.11 Å². The lowest BCUT2D eigenvalue weighted by atomic mass is 9.92. The van der Waals surface area contributed by atoms with E-state index in [2.05, 4.69) is 5.43 Å². The molecule has 4 heteroatoms. The van der Waals surface area contributed by atoms with Gasteiger partial charge in [-0.15, -0.1) is 0 Å². The minimum Gasteiger partial charge on any atom is -0.494 e. The summed E-state index contributed by atoms with van der Waals surface area (Å²) in [7, 11) is 1.45. The van der Waals surface area contributed by atoms with Gasteiger partial charge in [0.25, 0.3) is 0 Å². The summed E-state index contributed by atoms with van der Waals surface area (Å²) in [4.78, 5) is 0. The van der Waals surface area contributed by atoms with Gasteiger partial charge in [-0.25, -0.2) is 4.39 Å². The van der Waals surface area contributed by atoms with E-state index in [1.54, 1.807) is 18.2 Å². The number of nitrogens with two attached hydrogens (primary N) is 1. The molecule has 0 amide bonds. The van der Waals surface area contributed by atoms with Gasteiger partial charge in [0.05, 0.1) is 13.2 Å². The number of hydrogen-bond donors (Lipinski definition) is 2. The molecule has 0 fully saturated rings. The largest absolute Gasteiger partial charge is 0.494 e. The summed E-state index contributed by atoms with van der Waals surface area (Å²) < 4.78 is 18.9. The maximum absolute atomic E-state index is 14.0. The zero-order chi connectivity index (χ0) is 12.1. The molecule has 3 nitrogen and oxygen atoms in total. The third-order valence-corrected chi connectivity index (χ3v) is 2.94. The first-order valence-electron chi connectivity index (χ1n) is 5.44. The fraction of sp³-hybridized carbons (Fsp3) is 0.500. The van der Waals surface area contributed by atoms with Gasteiger partial charge in [-0.2, -0.15) is 0 Å². The van der Waals surface area contributed by atoms with Crippen LogP contribution >= 0.6 is 0 Å². The number of halogens is 1. The van der Waals surface area contributed by atoms with Crippen molar-refractivity contribution in [1.82, 2.24) is 5.43 Å². The topological polar surface area (TPSA) is 47.3 Å². The molecule has 0 aliphatic rings. The molecule has 90 valence electrons. The van der Waals surface area contributed by atoms with E-state index in [4.69, 9.17) is 10.6 Å². The predicted octanol–water partition coefficient (Wildman–Crippen LogP) is 2.38. The highest BCUT2D eigenvalue weighted by molar-refractivity contribution is 5.33. The molecule has 0 bridgehead atoms. The Hall–Kier alpha value is -1.13. The average molecular weight is 226 g/mol. The van der Waals surface area contributed by atoms with Crippen molar-refractivity contribution >= 4 is 0 Å². The predicted molar refractivity (Wildman–Crippen MR) is 62.5 cm³/mol. The second-order valence-electron chi connectivity index (χ2n) is 3.89. The first-order valence-corrected chi connectivity index (χ1v) is 5.44. The monoisotopic (exact) mass is 226 g/mol. The van der Waals surface area contributed by atoms with Gasteiger partial charge in [0.2, 0.25) is 0 Å². The maximum Gasteiger partial charge on any atom is 0.169 e. The molecule has 0 saturated carbocycles. The lowest BCUT2D eigenvalue weighted by molar-refractivity contribution is 0.351. The van der Waals surface area contributed by atoms with Crippen molar-refractivity contribution in [3.05, 3.63) is 29.6 Å². The van der Waals surface area contributed by atoms with Gasteiger partial charge in [-0.3, -0.25) is 11.3 Å². The number of ether oxygens (including phenoxy) is 1. The Morgan fingerprint density at radius 2 is 2.19 bits per heavy atom. The van der Waals surface area contributed by atoms with E-state index in [0.29, 0.717) is 5.56 Å². The van der Waals surface area contributed by atoms with E-state index < -0.39 is 0 Å². The van der Waals surface area contributed by atoms with Gasteiger partial charge >= 0.3 is 0 Å². The van der Waals surface area contributed by atoms with Crippen molar-refractivity contribution < 1.29 is 9.13 Å². The molecule has 3 N–H and O–H groups in total. The summed E-state index contributed by atoms with van der Waals surface area (Å²) in [5, 5.41) is 0. The molecule has 1 aromatic rings. The quantitative estimate of drug-likeness (QED) is 0.598. The van der Waals surface area contributed by atoms with E-state index in [-0.39, 0.29) is 23.5 Å². The van der Waals surface area contributed by atoms with E-state index in [1.807, 2.05) is 13.8 Å². The van der Waals surface area contributed by atoms with Gasteiger partial charge in [-0.1, -0.05) is 32.4 Å². The van der Waals surface area contributed by atoms with Gasteiger partial charge in [-0.05, 0) is 12.0 Å². The smallest absolute Gasteiger partial charge is 0.169 e. The highest BCUT2D eigenvalue weighted by atomic mass is 19.1. The van der Waals surface area contributed by atoms with E-state index in [1.165, 1.54) is 7.11 Å². The fourth-order valence-corrected chi connectivity index (χ4v) is 1.72. The van der Waals surface area contributed by atoms with Crippen LogP contribution in [0.3, 0.4) is 0 Å². The van der Waals surface area contributed by atoms with Crippen molar-refractivity contribution in [3.8, 4) is 5.75 Å². The van der Waals surface area contributed by atoms with Crippen LogP contribution in [0.5, 0.6) is 5.75 Å². The lowest BCUT2D eigenvalue weighted by Crippen LogP contribution is -2.33. The van der Waals surface area contributed by atoms with Gasteiger partial charge in [0.1, 0.15) is 0 Å². The van der Waals surface area contributed by atoms with Crippen LogP contribution in [-0.2, 0) is 0 Å². The summed E-state index contributed by atoms with van der Waals surface area (Å²) in [6.45, 7) is 4.08. The molecule has 0 radical (unpaired) electrons. The van der Waals surface area contributed by atoms with Gasteiger partial charge in [0.15, 0.2) is 11.6 Å². The molecule has 16 heavy (non-hydrogen) atoms. The van der Waals surface area contributed by atoms with Crippen molar-refractivity contribution in [3.63, 3.8) is 0 Å². The van der Waals surface area contributed by atoms with Crippen molar-refractivity contribution in [2.24, 2.45) is 11.8 Å². The minimum atomic E-state index is -0.340. The second kappa shape index (κ2) is 5.82. The van der Waals surface area contributed by atoms with E-state index in [0.717, 1.165) is 6.42 Å². The van der Waals surface area contributed by atoms with Crippen LogP contribution in [0.1, 0.15) is 31.9 Å². The third-order valence-electron chi connectivity index (χ3n) is 2.94. The Balaban J connectivity index is 3.10. The number of rotatable bonds is 5. The molecule has 0 spiro atoms. The number of methoxy groups -OCH3 is 1. The Bertz CT molecular complexity index is 344. The zero-order valence-electron chi connectivity index (χ0n) is 9.96. The first kappa shape index (κ1) is 12.9. The summed E-state index contributed by atoms with van der Waals surface area (Å²) in [5.74, 6) is 5.65. The molecule has 0 aliphatic heterocycles. The molecule has 0 aromatic heterocycles. The summed E-state index contributed by atoms with van der Waals surface area (Å²) in [5.41, 5.74) is 3.22. The number of benzene rings is 1. The summed E-state index contributed by atoms with van der Waals surface area (Å²) in [6, 6.07) is 4.90.